The maximum absolute atomic E-state index is 12.8. The minimum absolute atomic E-state index is 0.00796. The van der Waals surface area contributed by atoms with Gasteiger partial charge in [0.2, 0.25) is 6.23 Å². The van der Waals surface area contributed by atoms with Gasteiger partial charge in [0, 0.05) is 31.0 Å². The van der Waals surface area contributed by atoms with Crippen LogP contribution in [0.4, 0.5) is 0 Å². The molecule has 0 bridgehead atoms. The van der Waals surface area contributed by atoms with Crippen LogP contribution in [0, 0.1) is 13.8 Å². The predicted molar refractivity (Wildman–Crippen MR) is 115 cm³/mol. The molecule has 0 radical (unpaired) electrons. The van der Waals surface area contributed by atoms with Crippen molar-refractivity contribution in [2.24, 2.45) is 0 Å². The van der Waals surface area contributed by atoms with Crippen molar-refractivity contribution in [1.82, 2.24) is 9.13 Å². The van der Waals surface area contributed by atoms with E-state index in [1.165, 1.54) is 19.1 Å². The molecule has 0 spiro atoms. The van der Waals surface area contributed by atoms with Crippen LogP contribution in [0.5, 0.6) is 0 Å². The topological polar surface area (TPSA) is 143 Å². The van der Waals surface area contributed by atoms with Crippen molar-refractivity contribution in [2.75, 3.05) is 6.61 Å². The molecule has 1 heterocycles. The lowest BCUT2D eigenvalue weighted by molar-refractivity contribution is -0.198. The molecular weight excluding hydrogens is 436 g/mol. The van der Waals surface area contributed by atoms with Crippen LogP contribution in [0.15, 0.2) is 46.1 Å². The van der Waals surface area contributed by atoms with Crippen LogP contribution in [0.3, 0.4) is 0 Å². The lowest BCUT2D eigenvalue weighted by Gasteiger charge is -2.24. The van der Waals surface area contributed by atoms with Crippen LogP contribution in [-0.4, -0.2) is 45.0 Å². The summed E-state index contributed by atoms with van der Waals surface area (Å²) in [6, 6.07) is 6.28. The molecule has 0 aliphatic rings. The van der Waals surface area contributed by atoms with Crippen LogP contribution in [-0.2, 0) is 23.8 Å². The average Bonchev–Trinajstić information content (AvgIpc) is 2.75. The van der Waals surface area contributed by atoms with Crippen LogP contribution in [0.25, 0.3) is 6.20 Å². The van der Waals surface area contributed by atoms with Crippen molar-refractivity contribution >= 4 is 24.1 Å². The monoisotopic (exact) mass is 460 g/mol. The van der Waals surface area contributed by atoms with Crippen LogP contribution in [0.2, 0.25) is 0 Å². The largest absolute Gasteiger partial charge is 0.463 e. The Bertz CT molecular complexity index is 1180. The third kappa shape index (κ3) is 6.50. The first-order valence-corrected chi connectivity index (χ1v) is 9.87. The highest BCUT2D eigenvalue weighted by atomic mass is 16.7. The number of benzene rings is 1. The first-order chi connectivity index (χ1) is 15.5. The number of aliphatic hydroxyl groups excluding tert-OH is 1. The summed E-state index contributed by atoms with van der Waals surface area (Å²) in [5.74, 6) is -2.60. The summed E-state index contributed by atoms with van der Waals surface area (Å²) in [5.41, 5.74) is -0.820. The van der Waals surface area contributed by atoms with E-state index in [1.807, 2.05) is 6.92 Å². The van der Waals surface area contributed by atoms with E-state index < -0.39 is 41.7 Å². The molecule has 1 aromatic heterocycles. The molecular formula is C22H24N2O9. The number of carbonyl (C=O) groups is 3. The fourth-order valence-corrected chi connectivity index (χ4v) is 2.67. The highest BCUT2D eigenvalue weighted by molar-refractivity contribution is 5.89. The molecule has 0 saturated heterocycles. The summed E-state index contributed by atoms with van der Waals surface area (Å²) in [6.45, 7) is 5.88. The molecule has 2 rings (SSSR count). The maximum atomic E-state index is 12.8. The van der Waals surface area contributed by atoms with Gasteiger partial charge < -0.3 is 19.3 Å². The van der Waals surface area contributed by atoms with E-state index in [4.69, 9.17) is 14.2 Å². The second-order valence-corrected chi connectivity index (χ2v) is 6.91. The zero-order chi connectivity index (χ0) is 24.7. The number of carbonyl (C=O) groups excluding carboxylic acids is 3. The van der Waals surface area contributed by atoms with Crippen LogP contribution >= 0.6 is 0 Å². The lowest BCUT2D eigenvalue weighted by Crippen LogP contribution is -2.44. The molecule has 11 heteroatoms. The number of rotatable bonds is 8. The summed E-state index contributed by atoms with van der Waals surface area (Å²) in [6.07, 6.45) is -1.15. The molecule has 11 nitrogen and oxygen atoms in total. The third-order valence-corrected chi connectivity index (χ3v) is 4.28. The molecule has 0 fully saturated rings. The van der Waals surface area contributed by atoms with Crippen LogP contribution < -0.4 is 11.2 Å². The summed E-state index contributed by atoms with van der Waals surface area (Å²) in [4.78, 5) is 60.7. The van der Waals surface area contributed by atoms with Crippen molar-refractivity contribution in [1.29, 1.82) is 0 Å². The molecule has 176 valence electrons. The number of aromatic nitrogens is 2. The normalized spacial score (nSPS) is 12.8. The van der Waals surface area contributed by atoms with E-state index in [-0.39, 0.29) is 17.7 Å². The Kier molecular flexibility index (Phi) is 8.46. The molecule has 0 amide bonds. The van der Waals surface area contributed by atoms with Crippen molar-refractivity contribution in [3.63, 3.8) is 0 Å². The second kappa shape index (κ2) is 11.0. The number of aryl methyl sites for hydroxylation is 2. The summed E-state index contributed by atoms with van der Waals surface area (Å²) < 4.78 is 15.9. The maximum Gasteiger partial charge on any atom is 0.341 e. The molecule has 1 N–H and O–H groups in total. The van der Waals surface area contributed by atoms with Crippen LogP contribution in [0.1, 0.15) is 41.6 Å². The smallest absolute Gasteiger partial charge is 0.341 e. The van der Waals surface area contributed by atoms with Crippen molar-refractivity contribution in [3.05, 3.63) is 74.1 Å². The first kappa shape index (κ1) is 25.3. The van der Waals surface area contributed by atoms with Gasteiger partial charge in [0.15, 0.2) is 0 Å². The third-order valence-electron chi connectivity index (χ3n) is 4.28. The van der Waals surface area contributed by atoms with E-state index in [9.17, 15) is 29.1 Å². The molecule has 2 atom stereocenters. The van der Waals surface area contributed by atoms with Crippen molar-refractivity contribution in [2.45, 2.75) is 40.2 Å². The van der Waals surface area contributed by atoms with Crippen molar-refractivity contribution in [3.8, 4) is 0 Å². The van der Waals surface area contributed by atoms with Gasteiger partial charge >= 0.3 is 23.6 Å². The second-order valence-electron chi connectivity index (χ2n) is 6.91. The Balaban J connectivity index is 2.44. The van der Waals surface area contributed by atoms with Gasteiger partial charge in [-0.2, -0.15) is 0 Å². The van der Waals surface area contributed by atoms with Gasteiger partial charge in [-0.3, -0.25) is 14.2 Å². The minimum Gasteiger partial charge on any atom is -0.463 e. The average molecular weight is 460 g/mol. The number of hydrogen-bond donors (Lipinski definition) is 1. The fourth-order valence-electron chi connectivity index (χ4n) is 2.67. The molecule has 0 aliphatic heterocycles. The van der Waals surface area contributed by atoms with E-state index in [0.717, 1.165) is 31.0 Å². The lowest BCUT2D eigenvalue weighted by atomic mass is 10.1. The van der Waals surface area contributed by atoms with Gasteiger partial charge in [0.1, 0.15) is 0 Å². The highest BCUT2D eigenvalue weighted by Crippen LogP contribution is 2.15. The van der Waals surface area contributed by atoms with E-state index >= 15 is 0 Å². The molecule has 1 unspecified atom stereocenters. The van der Waals surface area contributed by atoms with E-state index in [0.29, 0.717) is 9.13 Å². The minimum atomic E-state index is -2.00. The Morgan fingerprint density at radius 3 is 2.30 bits per heavy atom. The quantitative estimate of drug-likeness (QED) is 0.345. The molecule has 0 aliphatic carbocycles. The van der Waals surface area contributed by atoms with Gasteiger partial charge in [0.25, 0.3) is 11.8 Å². The zero-order valence-corrected chi connectivity index (χ0v) is 18.5. The summed E-state index contributed by atoms with van der Waals surface area (Å²) >= 11 is 0. The Morgan fingerprint density at radius 1 is 1.09 bits per heavy atom. The zero-order valence-electron chi connectivity index (χ0n) is 18.5. The number of nitrogens with zero attached hydrogens (tertiary/aromatic N) is 2. The Labute approximate surface area is 188 Å². The Morgan fingerprint density at radius 2 is 1.73 bits per heavy atom. The number of aliphatic hydroxyl groups is 1. The van der Waals surface area contributed by atoms with Gasteiger partial charge in [-0.05, 0) is 32.9 Å². The number of hydrogen-bond acceptors (Lipinski definition) is 9. The molecule has 33 heavy (non-hydrogen) atoms. The van der Waals surface area contributed by atoms with Gasteiger partial charge in [-0.15, -0.1) is 0 Å². The van der Waals surface area contributed by atoms with Gasteiger partial charge in [0.05, 0.1) is 12.2 Å². The molecule has 1 aromatic carbocycles. The summed E-state index contributed by atoms with van der Waals surface area (Å²) in [5, 5.41) is 10.7. The summed E-state index contributed by atoms with van der Waals surface area (Å²) in [7, 11) is 0. The van der Waals surface area contributed by atoms with Gasteiger partial charge in [-0.1, -0.05) is 17.7 Å². The fraction of sp³-hybridized carbons (Fsp3) is 0.318. The SMILES string of the molecule is CCOC(=O)/C=C/n1c(=O)c(C)cn([C@H](O)C(OC(C)=O)OC(=O)c2ccc(C)cc2)c1=O. The highest BCUT2D eigenvalue weighted by Gasteiger charge is 2.30. The molecule has 0 saturated carbocycles. The predicted octanol–water partition coefficient (Wildman–Crippen LogP) is 0.898. The van der Waals surface area contributed by atoms with E-state index in [1.54, 1.807) is 19.1 Å². The van der Waals surface area contributed by atoms with E-state index in [2.05, 4.69) is 0 Å². The van der Waals surface area contributed by atoms with Gasteiger partial charge in [-0.25, -0.2) is 19.0 Å². The number of esters is 3. The molecule has 2 aromatic rings. The standard InChI is InChI=1S/C22H24N2O9/c1-5-31-17(26)10-11-23-18(27)14(3)12-24(22(23)30)19(28)21(32-15(4)25)33-20(29)16-8-6-13(2)7-9-16/h6-12,19,21,28H,5H2,1-4H3/b11-10+/t19-,21?/m1/s1. The Hall–Kier alpha value is -3.99. The first-order valence-electron chi connectivity index (χ1n) is 9.87. The van der Waals surface area contributed by atoms with Crippen molar-refractivity contribution < 1.29 is 33.7 Å². The number of ether oxygens (including phenoxy) is 3.